The third kappa shape index (κ3) is 5.19. The molecule has 1 aromatic carbocycles. The molecule has 0 amide bonds. The fraction of sp³-hybridized carbons (Fsp3) is 0.421. The largest absolute Gasteiger partial charge is 0.479 e. The third-order valence-corrected chi connectivity index (χ3v) is 4.11. The lowest BCUT2D eigenvalue weighted by atomic mass is 9.95. The van der Waals surface area contributed by atoms with E-state index in [0.29, 0.717) is 22.1 Å². The molecule has 0 aromatic heterocycles. The number of carbonyl (C=O) groups excluding carboxylic acids is 2. The van der Waals surface area contributed by atoms with E-state index in [1.807, 2.05) is 6.07 Å². The second-order valence-corrected chi connectivity index (χ2v) is 6.28. The van der Waals surface area contributed by atoms with Crippen molar-refractivity contribution in [2.45, 2.75) is 39.8 Å². The van der Waals surface area contributed by atoms with Crippen LogP contribution in [0.5, 0.6) is 5.75 Å². The van der Waals surface area contributed by atoms with Gasteiger partial charge in [-0.3, -0.25) is 0 Å². The van der Waals surface area contributed by atoms with E-state index in [-0.39, 0.29) is 13.2 Å². The van der Waals surface area contributed by atoms with E-state index in [2.05, 4.69) is 10.6 Å². The lowest BCUT2D eigenvalue weighted by Crippen LogP contribution is -2.45. The van der Waals surface area contributed by atoms with Gasteiger partial charge in [0.1, 0.15) is 5.75 Å². The lowest BCUT2D eigenvalue weighted by molar-refractivity contribution is -0.150. The van der Waals surface area contributed by atoms with Crippen molar-refractivity contribution in [2.24, 2.45) is 0 Å². The fourth-order valence-electron chi connectivity index (χ4n) is 2.70. The third-order valence-electron chi connectivity index (χ3n) is 3.89. The number of rotatable bonds is 7. The van der Waals surface area contributed by atoms with E-state index in [9.17, 15) is 9.59 Å². The van der Waals surface area contributed by atoms with E-state index >= 15 is 0 Å². The smallest absolute Gasteiger partial charge is 0.347 e. The highest BCUT2D eigenvalue weighted by molar-refractivity contribution is 7.80. The van der Waals surface area contributed by atoms with Crippen molar-refractivity contribution in [1.82, 2.24) is 10.6 Å². The minimum absolute atomic E-state index is 0.271. The SMILES string of the molecule is CCOC(=O)C1=C(C)NC(=S)N[C@H]1c1cccc(O[C@H](C)C(=O)OCC)c1. The van der Waals surface area contributed by atoms with Gasteiger partial charge in [-0.1, -0.05) is 12.1 Å². The molecule has 1 heterocycles. The maximum absolute atomic E-state index is 12.4. The van der Waals surface area contributed by atoms with Gasteiger partial charge in [0.15, 0.2) is 11.2 Å². The first-order valence-electron chi connectivity index (χ1n) is 8.76. The molecule has 7 nitrogen and oxygen atoms in total. The van der Waals surface area contributed by atoms with Gasteiger partial charge in [-0.05, 0) is 57.6 Å². The van der Waals surface area contributed by atoms with Crippen LogP contribution >= 0.6 is 12.2 Å². The molecule has 146 valence electrons. The van der Waals surface area contributed by atoms with Crippen LogP contribution in [0.15, 0.2) is 35.5 Å². The number of thiocarbonyl (C=S) groups is 1. The zero-order valence-electron chi connectivity index (χ0n) is 15.8. The Kier molecular flexibility index (Phi) is 7.18. The molecule has 2 N–H and O–H groups in total. The van der Waals surface area contributed by atoms with Crippen molar-refractivity contribution in [1.29, 1.82) is 0 Å². The first-order valence-corrected chi connectivity index (χ1v) is 9.16. The molecule has 0 unspecified atom stereocenters. The summed E-state index contributed by atoms with van der Waals surface area (Å²) in [4.78, 5) is 24.2. The number of nitrogens with one attached hydrogen (secondary N) is 2. The van der Waals surface area contributed by atoms with E-state index in [4.69, 9.17) is 26.4 Å². The van der Waals surface area contributed by atoms with Gasteiger partial charge in [0.2, 0.25) is 0 Å². The monoisotopic (exact) mass is 392 g/mol. The van der Waals surface area contributed by atoms with Gasteiger partial charge in [-0.25, -0.2) is 9.59 Å². The van der Waals surface area contributed by atoms with Crippen molar-refractivity contribution in [3.8, 4) is 5.75 Å². The number of esters is 2. The molecule has 27 heavy (non-hydrogen) atoms. The highest BCUT2D eigenvalue weighted by Gasteiger charge is 2.31. The number of carbonyl (C=O) groups is 2. The Bertz CT molecular complexity index is 762. The fourth-order valence-corrected chi connectivity index (χ4v) is 2.97. The zero-order chi connectivity index (χ0) is 20.0. The van der Waals surface area contributed by atoms with E-state index in [1.165, 1.54) is 0 Å². The molecular formula is C19H24N2O5S. The van der Waals surface area contributed by atoms with Gasteiger partial charge in [-0.2, -0.15) is 0 Å². The van der Waals surface area contributed by atoms with Crippen LogP contribution in [0.25, 0.3) is 0 Å². The average Bonchev–Trinajstić information content (AvgIpc) is 2.61. The summed E-state index contributed by atoms with van der Waals surface area (Å²) in [6.45, 7) is 7.44. The zero-order valence-corrected chi connectivity index (χ0v) is 16.6. The molecule has 1 aliphatic heterocycles. The Morgan fingerprint density at radius 3 is 2.59 bits per heavy atom. The summed E-state index contributed by atoms with van der Waals surface area (Å²) in [5.74, 6) is -0.374. The summed E-state index contributed by atoms with van der Waals surface area (Å²) in [5, 5.41) is 6.46. The van der Waals surface area contributed by atoms with Gasteiger partial charge >= 0.3 is 11.9 Å². The van der Waals surface area contributed by atoms with Gasteiger partial charge < -0.3 is 24.8 Å². The van der Waals surface area contributed by atoms with Crippen molar-refractivity contribution in [2.75, 3.05) is 13.2 Å². The summed E-state index contributed by atoms with van der Waals surface area (Å²) in [5.41, 5.74) is 1.84. The number of hydrogen-bond donors (Lipinski definition) is 2. The predicted molar refractivity (Wildman–Crippen MR) is 104 cm³/mol. The second kappa shape index (κ2) is 9.36. The highest BCUT2D eigenvalue weighted by Crippen LogP contribution is 2.30. The van der Waals surface area contributed by atoms with E-state index in [0.717, 1.165) is 5.56 Å². The first-order chi connectivity index (χ1) is 12.9. The van der Waals surface area contributed by atoms with Crippen molar-refractivity contribution in [3.63, 3.8) is 0 Å². The quantitative estimate of drug-likeness (QED) is 0.540. The topological polar surface area (TPSA) is 85.9 Å². The van der Waals surface area contributed by atoms with Gasteiger partial charge in [0, 0.05) is 5.70 Å². The standard InChI is InChI=1S/C19H24N2O5S/c1-5-24-17(22)12(4)26-14-9-7-8-13(10-14)16-15(18(23)25-6-2)11(3)20-19(27)21-16/h7-10,12,16H,5-6H2,1-4H3,(H2,20,21,27)/t12-,16+/m1/s1. The molecule has 1 aliphatic rings. The van der Waals surface area contributed by atoms with E-state index < -0.39 is 24.1 Å². The molecule has 2 atom stereocenters. The van der Waals surface area contributed by atoms with Crippen LogP contribution in [0.4, 0.5) is 0 Å². The van der Waals surface area contributed by atoms with Crippen LogP contribution in [0, 0.1) is 0 Å². The minimum atomic E-state index is -0.746. The van der Waals surface area contributed by atoms with Crippen LogP contribution in [0.2, 0.25) is 0 Å². The molecule has 2 rings (SSSR count). The Balaban J connectivity index is 2.30. The summed E-state index contributed by atoms with van der Waals surface area (Å²) in [6, 6.07) is 6.64. The number of allylic oxidation sites excluding steroid dienone is 1. The molecule has 0 fully saturated rings. The van der Waals surface area contributed by atoms with Crippen LogP contribution in [0.1, 0.15) is 39.3 Å². The highest BCUT2D eigenvalue weighted by atomic mass is 32.1. The minimum Gasteiger partial charge on any atom is -0.479 e. The van der Waals surface area contributed by atoms with Crippen molar-refractivity contribution >= 4 is 29.3 Å². The summed E-state index contributed by atoms with van der Waals surface area (Å²) in [7, 11) is 0. The maximum atomic E-state index is 12.4. The summed E-state index contributed by atoms with van der Waals surface area (Å²) < 4.78 is 15.8. The first kappa shape index (κ1) is 20.7. The predicted octanol–water partition coefficient (Wildman–Crippen LogP) is 2.37. The van der Waals surface area contributed by atoms with Crippen LogP contribution in [-0.4, -0.2) is 36.4 Å². The molecule has 1 aromatic rings. The molecule has 0 saturated heterocycles. The van der Waals surface area contributed by atoms with Crippen LogP contribution in [0.3, 0.4) is 0 Å². The summed E-state index contributed by atoms with van der Waals surface area (Å²) >= 11 is 5.23. The molecule has 0 saturated carbocycles. The Labute approximate surface area is 164 Å². The normalized spacial score (nSPS) is 17.5. The second-order valence-electron chi connectivity index (χ2n) is 5.88. The summed E-state index contributed by atoms with van der Waals surface area (Å²) in [6.07, 6.45) is -0.746. The number of ether oxygens (including phenoxy) is 3. The number of benzene rings is 1. The van der Waals surface area contributed by atoms with Crippen LogP contribution in [-0.2, 0) is 19.1 Å². The average molecular weight is 392 g/mol. The van der Waals surface area contributed by atoms with E-state index in [1.54, 1.807) is 45.9 Å². The Morgan fingerprint density at radius 1 is 1.22 bits per heavy atom. The van der Waals surface area contributed by atoms with Crippen molar-refractivity contribution < 1.29 is 23.8 Å². The van der Waals surface area contributed by atoms with Crippen molar-refractivity contribution in [3.05, 3.63) is 41.1 Å². The molecular weight excluding hydrogens is 368 g/mol. The molecule has 0 bridgehead atoms. The Hall–Kier alpha value is -2.61. The maximum Gasteiger partial charge on any atom is 0.347 e. The molecule has 0 aliphatic carbocycles. The van der Waals surface area contributed by atoms with Gasteiger partial charge in [0.05, 0.1) is 24.8 Å². The molecule has 0 radical (unpaired) electrons. The molecule has 8 heteroatoms. The Morgan fingerprint density at radius 2 is 1.93 bits per heavy atom. The lowest BCUT2D eigenvalue weighted by Gasteiger charge is -2.30. The van der Waals surface area contributed by atoms with Gasteiger partial charge in [0.25, 0.3) is 0 Å². The van der Waals surface area contributed by atoms with Gasteiger partial charge in [-0.15, -0.1) is 0 Å². The van der Waals surface area contributed by atoms with Crippen LogP contribution < -0.4 is 15.4 Å². The number of hydrogen-bond acceptors (Lipinski definition) is 6. The molecule has 0 spiro atoms.